The second-order valence-corrected chi connectivity index (χ2v) is 5.62. The van der Waals surface area contributed by atoms with Crippen molar-refractivity contribution in [3.05, 3.63) is 53.7 Å². The largest absolute Gasteiger partial charge is 0.370 e. The predicted octanol–water partition coefficient (Wildman–Crippen LogP) is 3.94. The molecule has 2 rings (SSSR count). The fraction of sp³-hybridized carbons (Fsp3) is 0.333. The molecule has 0 amide bonds. The Morgan fingerprint density at radius 3 is 2.54 bits per heavy atom. The van der Waals surface area contributed by atoms with Crippen LogP contribution in [0.5, 0.6) is 0 Å². The molecule has 130 valence electrons. The van der Waals surface area contributed by atoms with Gasteiger partial charge in [-0.1, -0.05) is 12.1 Å². The summed E-state index contributed by atoms with van der Waals surface area (Å²) in [5, 5.41) is 6.42. The van der Waals surface area contributed by atoms with E-state index in [0.717, 1.165) is 30.9 Å². The first-order chi connectivity index (χ1) is 11.1. The van der Waals surface area contributed by atoms with E-state index in [1.165, 1.54) is 11.1 Å². The third-order valence-electron chi connectivity index (χ3n) is 3.33. The SMILES string of the molecule is Cc1cc(C)cc(NC(N)=NCCCCNc2ccccn2)c1.I. The van der Waals surface area contributed by atoms with E-state index < -0.39 is 0 Å². The fourth-order valence-electron chi connectivity index (χ4n) is 2.35. The summed E-state index contributed by atoms with van der Waals surface area (Å²) in [7, 11) is 0. The van der Waals surface area contributed by atoms with Crippen LogP contribution in [-0.4, -0.2) is 24.0 Å². The first-order valence-electron chi connectivity index (χ1n) is 7.93. The van der Waals surface area contributed by atoms with Gasteiger partial charge < -0.3 is 16.4 Å². The number of benzene rings is 1. The number of rotatable bonds is 7. The highest BCUT2D eigenvalue weighted by Crippen LogP contribution is 2.13. The third-order valence-corrected chi connectivity index (χ3v) is 3.33. The molecule has 6 heteroatoms. The van der Waals surface area contributed by atoms with E-state index in [9.17, 15) is 0 Å². The smallest absolute Gasteiger partial charge is 0.193 e. The zero-order valence-corrected chi connectivity index (χ0v) is 16.6. The molecule has 0 aliphatic rings. The van der Waals surface area contributed by atoms with Gasteiger partial charge in [0, 0.05) is 25.0 Å². The van der Waals surface area contributed by atoms with Crippen LogP contribution in [0.1, 0.15) is 24.0 Å². The van der Waals surface area contributed by atoms with Crippen LogP contribution in [0.2, 0.25) is 0 Å². The molecule has 0 unspecified atom stereocenters. The number of halogens is 1. The number of nitrogens with two attached hydrogens (primary N) is 1. The average Bonchev–Trinajstić information content (AvgIpc) is 2.50. The lowest BCUT2D eigenvalue weighted by molar-refractivity contribution is 0.772. The number of unbranched alkanes of at least 4 members (excludes halogenated alkanes) is 1. The lowest BCUT2D eigenvalue weighted by Crippen LogP contribution is -2.23. The van der Waals surface area contributed by atoms with Crippen molar-refractivity contribution in [3.8, 4) is 0 Å². The lowest BCUT2D eigenvalue weighted by Gasteiger charge is -2.08. The standard InChI is InChI=1S/C18H25N5.HI/c1-14-11-15(2)13-16(12-14)23-18(19)22-10-6-5-9-21-17-7-3-4-8-20-17;/h3-4,7-8,11-13H,5-6,9-10H2,1-2H3,(H,20,21)(H3,19,22,23);1H. The van der Waals surface area contributed by atoms with E-state index >= 15 is 0 Å². The number of hydrogen-bond acceptors (Lipinski definition) is 3. The van der Waals surface area contributed by atoms with E-state index in [1.54, 1.807) is 6.20 Å². The molecule has 0 saturated carbocycles. The number of guanidine groups is 1. The third kappa shape index (κ3) is 7.63. The maximum Gasteiger partial charge on any atom is 0.193 e. The predicted molar refractivity (Wildman–Crippen MR) is 113 cm³/mol. The minimum absolute atomic E-state index is 0. The molecule has 0 saturated heterocycles. The van der Waals surface area contributed by atoms with Crippen LogP contribution < -0.4 is 16.4 Å². The number of nitrogens with one attached hydrogen (secondary N) is 2. The Hall–Kier alpha value is -1.83. The zero-order valence-electron chi connectivity index (χ0n) is 14.2. The number of hydrogen-bond donors (Lipinski definition) is 3. The van der Waals surface area contributed by atoms with Crippen molar-refractivity contribution in [1.82, 2.24) is 4.98 Å². The normalized spacial score (nSPS) is 10.8. The molecule has 4 N–H and O–H groups in total. The zero-order chi connectivity index (χ0) is 16.5. The summed E-state index contributed by atoms with van der Waals surface area (Å²) in [6.45, 7) is 5.74. The highest BCUT2D eigenvalue weighted by atomic mass is 127. The molecule has 2 aromatic rings. The van der Waals surface area contributed by atoms with E-state index in [0.29, 0.717) is 12.5 Å². The van der Waals surface area contributed by atoms with Crippen molar-refractivity contribution in [2.45, 2.75) is 26.7 Å². The minimum Gasteiger partial charge on any atom is -0.370 e. The monoisotopic (exact) mass is 439 g/mol. The van der Waals surface area contributed by atoms with Crippen LogP contribution in [0.25, 0.3) is 0 Å². The lowest BCUT2D eigenvalue weighted by atomic mass is 10.1. The van der Waals surface area contributed by atoms with Crippen molar-refractivity contribution < 1.29 is 0 Å². The Balaban J connectivity index is 0.00000288. The molecule has 1 heterocycles. The van der Waals surface area contributed by atoms with Crippen molar-refractivity contribution in [1.29, 1.82) is 0 Å². The average molecular weight is 439 g/mol. The van der Waals surface area contributed by atoms with Gasteiger partial charge in [-0.2, -0.15) is 0 Å². The molecule has 5 nitrogen and oxygen atoms in total. The van der Waals surface area contributed by atoms with Gasteiger partial charge in [0.05, 0.1) is 0 Å². The molecule has 0 fully saturated rings. The molecule has 0 atom stereocenters. The van der Waals surface area contributed by atoms with Crippen LogP contribution in [0.4, 0.5) is 11.5 Å². The van der Waals surface area contributed by atoms with Gasteiger partial charge in [0.15, 0.2) is 5.96 Å². The van der Waals surface area contributed by atoms with Crippen molar-refractivity contribution in [2.75, 3.05) is 23.7 Å². The first-order valence-corrected chi connectivity index (χ1v) is 7.93. The first kappa shape index (κ1) is 20.2. The molecular weight excluding hydrogens is 413 g/mol. The van der Waals surface area contributed by atoms with Crippen LogP contribution in [0, 0.1) is 13.8 Å². The van der Waals surface area contributed by atoms with Gasteiger partial charge in [-0.15, -0.1) is 24.0 Å². The topological polar surface area (TPSA) is 75.3 Å². The second-order valence-electron chi connectivity index (χ2n) is 5.62. The Bertz CT molecular complexity index is 623. The van der Waals surface area contributed by atoms with Gasteiger partial charge in [0.25, 0.3) is 0 Å². The molecule has 1 aromatic heterocycles. The Labute approximate surface area is 161 Å². The van der Waals surface area contributed by atoms with Gasteiger partial charge in [0.1, 0.15) is 5.82 Å². The van der Waals surface area contributed by atoms with Crippen molar-refractivity contribution in [2.24, 2.45) is 10.7 Å². The number of aromatic nitrogens is 1. The van der Waals surface area contributed by atoms with Gasteiger partial charge in [-0.25, -0.2) is 4.98 Å². The second kappa shape index (κ2) is 10.9. The Kier molecular flexibility index (Phi) is 9.14. The molecular formula is C18H26IN5. The maximum absolute atomic E-state index is 5.92. The molecule has 0 aliphatic heterocycles. The summed E-state index contributed by atoms with van der Waals surface area (Å²) in [6.07, 6.45) is 3.79. The van der Waals surface area contributed by atoms with Crippen LogP contribution in [0.3, 0.4) is 0 Å². The summed E-state index contributed by atoms with van der Waals surface area (Å²) in [6, 6.07) is 12.1. The van der Waals surface area contributed by atoms with Crippen LogP contribution in [-0.2, 0) is 0 Å². The number of anilines is 2. The Morgan fingerprint density at radius 1 is 1.12 bits per heavy atom. The van der Waals surface area contributed by atoms with Crippen molar-refractivity contribution in [3.63, 3.8) is 0 Å². The molecule has 24 heavy (non-hydrogen) atoms. The highest BCUT2D eigenvalue weighted by molar-refractivity contribution is 14.0. The van der Waals surface area contributed by atoms with E-state index in [-0.39, 0.29) is 24.0 Å². The summed E-state index contributed by atoms with van der Waals surface area (Å²) < 4.78 is 0. The highest BCUT2D eigenvalue weighted by Gasteiger charge is 1.98. The number of aryl methyl sites for hydroxylation is 2. The number of nitrogens with zero attached hydrogens (tertiary/aromatic N) is 2. The molecule has 0 spiro atoms. The summed E-state index contributed by atoms with van der Waals surface area (Å²) in [5.41, 5.74) is 9.33. The molecule has 1 aromatic carbocycles. The van der Waals surface area contributed by atoms with E-state index in [1.807, 2.05) is 18.2 Å². The quantitative estimate of drug-likeness (QED) is 0.265. The number of pyridine rings is 1. The molecule has 0 aliphatic carbocycles. The molecule has 0 radical (unpaired) electrons. The molecule has 0 bridgehead atoms. The van der Waals surface area contributed by atoms with E-state index in [4.69, 9.17) is 5.73 Å². The number of aliphatic imine (C=N–C) groups is 1. The van der Waals surface area contributed by atoms with Crippen LogP contribution >= 0.6 is 24.0 Å². The van der Waals surface area contributed by atoms with Gasteiger partial charge in [0.2, 0.25) is 0 Å². The maximum atomic E-state index is 5.92. The summed E-state index contributed by atoms with van der Waals surface area (Å²) in [4.78, 5) is 8.58. The van der Waals surface area contributed by atoms with Crippen molar-refractivity contribution >= 4 is 41.4 Å². The minimum atomic E-state index is 0. The van der Waals surface area contributed by atoms with Gasteiger partial charge in [-0.05, 0) is 62.1 Å². The fourth-order valence-corrected chi connectivity index (χ4v) is 2.35. The van der Waals surface area contributed by atoms with E-state index in [2.05, 4.69) is 52.7 Å². The van der Waals surface area contributed by atoms with Gasteiger partial charge in [-0.3, -0.25) is 4.99 Å². The summed E-state index contributed by atoms with van der Waals surface area (Å²) in [5.74, 6) is 1.37. The summed E-state index contributed by atoms with van der Waals surface area (Å²) >= 11 is 0. The Morgan fingerprint density at radius 2 is 1.88 bits per heavy atom. The van der Waals surface area contributed by atoms with Crippen LogP contribution in [0.15, 0.2) is 47.6 Å². The van der Waals surface area contributed by atoms with Gasteiger partial charge >= 0.3 is 0 Å².